The number of hydrogen-bond acceptors (Lipinski definition) is 5. The highest BCUT2D eigenvalue weighted by Gasteiger charge is 2.17. The van der Waals surface area contributed by atoms with Crippen molar-refractivity contribution in [2.75, 3.05) is 10.6 Å². The molecule has 3 N–H and O–H groups in total. The van der Waals surface area contributed by atoms with Crippen molar-refractivity contribution in [2.24, 2.45) is 0 Å². The first-order valence-electron chi connectivity index (χ1n) is 12.0. The van der Waals surface area contributed by atoms with Crippen LogP contribution in [0.2, 0.25) is 0 Å². The number of thioether (sulfide) groups is 1. The van der Waals surface area contributed by atoms with Crippen LogP contribution in [-0.4, -0.2) is 28.0 Å². The molecule has 0 radical (unpaired) electrons. The van der Waals surface area contributed by atoms with Gasteiger partial charge in [-0.2, -0.15) is 0 Å². The molecule has 7 nitrogen and oxygen atoms in total. The molecule has 1 atom stereocenters. The molecule has 4 aromatic rings. The maximum atomic E-state index is 13.2. The van der Waals surface area contributed by atoms with Gasteiger partial charge in [-0.3, -0.25) is 14.4 Å². The lowest BCUT2D eigenvalue weighted by Crippen LogP contribution is -2.30. The zero-order chi connectivity index (χ0) is 27.6. The number of benzene rings is 3. The number of amides is 3. The number of anilines is 2. The van der Waals surface area contributed by atoms with E-state index in [2.05, 4.69) is 36.9 Å². The average Bonchev–Trinajstić information content (AvgIpc) is 2.95. The second-order valence-electron chi connectivity index (χ2n) is 8.37. The van der Waals surface area contributed by atoms with Gasteiger partial charge >= 0.3 is 0 Å². The first-order chi connectivity index (χ1) is 18.9. The highest BCUT2D eigenvalue weighted by molar-refractivity contribution is 9.10. The summed E-state index contributed by atoms with van der Waals surface area (Å²) in [6.07, 6.45) is 3.24. The Balaban J connectivity index is 1.43. The van der Waals surface area contributed by atoms with Crippen LogP contribution in [0.3, 0.4) is 0 Å². The molecule has 0 aliphatic carbocycles. The summed E-state index contributed by atoms with van der Waals surface area (Å²) in [4.78, 5) is 43.5. The summed E-state index contributed by atoms with van der Waals surface area (Å²) < 4.78 is 0.903. The van der Waals surface area contributed by atoms with Gasteiger partial charge in [0.25, 0.3) is 11.8 Å². The Hall–Kier alpha value is -4.21. The summed E-state index contributed by atoms with van der Waals surface area (Å²) in [5, 5.41) is 8.00. The highest BCUT2D eigenvalue weighted by atomic mass is 79.9. The molecule has 0 spiro atoms. The Bertz CT molecular complexity index is 1460. The van der Waals surface area contributed by atoms with Crippen LogP contribution >= 0.6 is 27.7 Å². The molecule has 0 saturated heterocycles. The Kier molecular flexibility index (Phi) is 9.66. The lowest BCUT2D eigenvalue weighted by atomic mass is 10.1. The van der Waals surface area contributed by atoms with Crippen molar-refractivity contribution in [1.29, 1.82) is 0 Å². The number of carbonyl (C=O) groups excluding carboxylic acids is 3. The van der Waals surface area contributed by atoms with Gasteiger partial charge in [-0.05, 0) is 79.2 Å². The zero-order valence-electron chi connectivity index (χ0n) is 20.9. The summed E-state index contributed by atoms with van der Waals surface area (Å²) in [5.41, 5.74) is 1.84. The zero-order valence-corrected chi connectivity index (χ0v) is 23.3. The molecule has 4 rings (SSSR count). The molecule has 0 fully saturated rings. The lowest BCUT2D eigenvalue weighted by molar-refractivity contribution is -0.115. The van der Waals surface area contributed by atoms with Crippen LogP contribution in [0.1, 0.15) is 22.8 Å². The quantitative estimate of drug-likeness (QED) is 0.153. The molecule has 1 aromatic heterocycles. The number of nitrogens with one attached hydrogen (secondary N) is 3. The molecule has 1 heterocycles. The Morgan fingerprint density at radius 2 is 1.54 bits per heavy atom. The van der Waals surface area contributed by atoms with Crippen molar-refractivity contribution >= 4 is 63.0 Å². The Morgan fingerprint density at radius 1 is 0.846 bits per heavy atom. The molecular weight excluding hydrogens is 576 g/mol. The molecule has 196 valence electrons. The van der Waals surface area contributed by atoms with Gasteiger partial charge in [0.05, 0.1) is 5.25 Å². The first kappa shape index (κ1) is 27.8. The lowest BCUT2D eigenvalue weighted by Gasteiger charge is -2.13. The third kappa shape index (κ3) is 8.39. The number of aromatic nitrogens is 1. The molecule has 39 heavy (non-hydrogen) atoms. The van der Waals surface area contributed by atoms with Crippen LogP contribution in [0.5, 0.6) is 0 Å². The molecule has 3 amide bonds. The van der Waals surface area contributed by atoms with Crippen molar-refractivity contribution in [3.63, 3.8) is 0 Å². The molecule has 0 saturated carbocycles. The molecular formula is C30H25BrN4O3S. The molecule has 0 aliphatic rings. The monoisotopic (exact) mass is 600 g/mol. The first-order valence-corrected chi connectivity index (χ1v) is 13.7. The summed E-state index contributed by atoms with van der Waals surface area (Å²) in [6.45, 7) is 1.81. The van der Waals surface area contributed by atoms with Gasteiger partial charge in [0.15, 0.2) is 0 Å². The maximum Gasteiger partial charge on any atom is 0.272 e. The molecule has 0 bridgehead atoms. The Labute approximate surface area is 239 Å². The maximum absolute atomic E-state index is 13.2. The van der Waals surface area contributed by atoms with Crippen LogP contribution in [0.25, 0.3) is 6.08 Å². The fourth-order valence-electron chi connectivity index (χ4n) is 3.41. The van der Waals surface area contributed by atoms with Gasteiger partial charge in [0, 0.05) is 26.8 Å². The van der Waals surface area contributed by atoms with Crippen LogP contribution in [-0.2, 0) is 9.59 Å². The fraction of sp³-hybridized carbons (Fsp3) is 0.0667. The summed E-state index contributed by atoms with van der Waals surface area (Å²) >= 11 is 4.79. The smallest absolute Gasteiger partial charge is 0.272 e. The van der Waals surface area contributed by atoms with E-state index in [9.17, 15) is 14.4 Å². The van der Waals surface area contributed by atoms with E-state index in [1.807, 2.05) is 49.4 Å². The van der Waals surface area contributed by atoms with E-state index >= 15 is 0 Å². The van der Waals surface area contributed by atoms with Crippen LogP contribution in [0.15, 0.2) is 118 Å². The van der Waals surface area contributed by atoms with Crippen LogP contribution in [0.4, 0.5) is 11.5 Å². The van der Waals surface area contributed by atoms with E-state index in [1.165, 1.54) is 11.8 Å². The minimum Gasteiger partial charge on any atom is -0.321 e. The van der Waals surface area contributed by atoms with E-state index in [1.54, 1.807) is 66.9 Å². The third-order valence-corrected chi connectivity index (χ3v) is 7.06. The van der Waals surface area contributed by atoms with Crippen molar-refractivity contribution < 1.29 is 14.4 Å². The summed E-state index contributed by atoms with van der Waals surface area (Å²) in [7, 11) is 0. The molecule has 1 unspecified atom stereocenters. The van der Waals surface area contributed by atoms with Crippen molar-refractivity contribution in [3.05, 3.63) is 125 Å². The van der Waals surface area contributed by atoms with Crippen molar-refractivity contribution in [2.45, 2.75) is 17.1 Å². The summed E-state index contributed by atoms with van der Waals surface area (Å²) in [6, 6.07) is 28.5. The van der Waals surface area contributed by atoms with Crippen molar-refractivity contribution in [1.82, 2.24) is 10.3 Å². The van der Waals surface area contributed by atoms with Crippen LogP contribution in [0, 0.1) is 0 Å². The largest absolute Gasteiger partial charge is 0.321 e. The van der Waals surface area contributed by atoms with E-state index in [0.717, 1.165) is 14.9 Å². The number of carbonyl (C=O) groups is 3. The number of nitrogens with zero attached hydrogens (tertiary/aromatic N) is 1. The Morgan fingerprint density at radius 3 is 2.21 bits per heavy atom. The van der Waals surface area contributed by atoms with E-state index in [4.69, 9.17) is 0 Å². The second-order valence-corrected chi connectivity index (χ2v) is 10.7. The highest BCUT2D eigenvalue weighted by Crippen LogP contribution is 2.26. The van der Waals surface area contributed by atoms with Gasteiger partial charge < -0.3 is 16.0 Å². The van der Waals surface area contributed by atoms with E-state index < -0.39 is 5.91 Å². The van der Waals surface area contributed by atoms with Gasteiger partial charge in [-0.1, -0.05) is 52.3 Å². The second kappa shape index (κ2) is 13.5. The van der Waals surface area contributed by atoms with Crippen molar-refractivity contribution in [3.8, 4) is 0 Å². The topological polar surface area (TPSA) is 100 Å². The van der Waals surface area contributed by atoms with Gasteiger partial charge in [0.2, 0.25) is 5.91 Å². The normalized spacial score (nSPS) is 11.8. The number of halogens is 1. The predicted molar refractivity (Wildman–Crippen MR) is 159 cm³/mol. The minimum absolute atomic E-state index is 0.101. The van der Waals surface area contributed by atoms with Gasteiger partial charge in [0.1, 0.15) is 11.5 Å². The average molecular weight is 602 g/mol. The summed E-state index contributed by atoms with van der Waals surface area (Å²) in [5.74, 6) is -0.517. The number of pyridine rings is 1. The fourth-order valence-corrected chi connectivity index (χ4v) is 4.54. The number of hydrogen-bond donors (Lipinski definition) is 3. The minimum atomic E-state index is -0.467. The van der Waals surface area contributed by atoms with Gasteiger partial charge in [-0.25, -0.2) is 4.98 Å². The van der Waals surface area contributed by atoms with Gasteiger partial charge in [-0.15, -0.1) is 11.8 Å². The predicted octanol–water partition coefficient (Wildman–Crippen LogP) is 6.37. The van der Waals surface area contributed by atoms with E-state index in [0.29, 0.717) is 17.1 Å². The molecule has 9 heteroatoms. The molecule has 0 aliphatic heterocycles. The standard InChI is InChI=1S/C30H25BrN4O3S/c1-20(28(36)35-27-9-5-6-18-32-27)39-25-16-14-24(15-17-25)33-30(38)26(19-21-10-12-23(31)13-11-21)34-29(37)22-7-3-2-4-8-22/h2-20H,1H3,(H,33,38)(H,34,37)(H,32,35,36)/b26-19-. The SMILES string of the molecule is CC(Sc1ccc(NC(=O)/C(=C/c2ccc(Br)cc2)NC(=O)c2ccccc2)cc1)C(=O)Nc1ccccn1. The van der Waals surface area contributed by atoms with E-state index in [-0.39, 0.29) is 22.8 Å². The molecule has 3 aromatic carbocycles. The third-order valence-electron chi connectivity index (χ3n) is 5.42. The van der Waals surface area contributed by atoms with Crippen LogP contribution < -0.4 is 16.0 Å². The number of rotatable bonds is 9.